The fourth-order valence-corrected chi connectivity index (χ4v) is 3.15. The smallest absolute Gasteiger partial charge is 0.412 e. The summed E-state index contributed by atoms with van der Waals surface area (Å²) in [6.45, 7) is 0.578. The van der Waals surface area contributed by atoms with Crippen LogP contribution in [-0.4, -0.2) is 64.5 Å². The summed E-state index contributed by atoms with van der Waals surface area (Å²) in [6.07, 6.45) is -1.81. The summed E-state index contributed by atoms with van der Waals surface area (Å²) in [7, 11) is 0. The molecule has 0 aliphatic heterocycles. The molecule has 10 heteroatoms. The van der Waals surface area contributed by atoms with Gasteiger partial charge < -0.3 is 25.0 Å². The van der Waals surface area contributed by atoms with Gasteiger partial charge in [0.25, 0.3) is 0 Å². The summed E-state index contributed by atoms with van der Waals surface area (Å²) in [6, 6.07) is 14.8. The first-order valence-corrected chi connectivity index (χ1v) is 10.7. The van der Waals surface area contributed by atoms with Crippen LogP contribution in [0.25, 0.3) is 0 Å². The molecular weight excluding hydrogens is 444 g/mol. The van der Waals surface area contributed by atoms with Gasteiger partial charge in [0, 0.05) is 6.42 Å². The van der Waals surface area contributed by atoms with Gasteiger partial charge in [-0.1, -0.05) is 60.7 Å². The SMILES string of the molecule is CCOC(=O)C(Cc1ccccc1)NC(=O)C(CC(=O)O)N(CO)C(=O)OCc1ccccc1. The fourth-order valence-electron chi connectivity index (χ4n) is 3.15. The van der Waals surface area contributed by atoms with E-state index in [4.69, 9.17) is 9.47 Å². The van der Waals surface area contributed by atoms with Crippen LogP contribution in [0, 0.1) is 0 Å². The second-order valence-corrected chi connectivity index (χ2v) is 7.27. The maximum Gasteiger partial charge on any atom is 0.412 e. The summed E-state index contributed by atoms with van der Waals surface area (Å²) in [5.74, 6) is -3.04. The summed E-state index contributed by atoms with van der Waals surface area (Å²) in [4.78, 5) is 50.1. The van der Waals surface area contributed by atoms with E-state index in [1.165, 1.54) is 0 Å². The molecule has 0 fully saturated rings. The highest BCUT2D eigenvalue weighted by molar-refractivity contribution is 5.92. The van der Waals surface area contributed by atoms with Crippen LogP contribution in [0.15, 0.2) is 60.7 Å². The van der Waals surface area contributed by atoms with Crippen molar-refractivity contribution in [2.75, 3.05) is 13.3 Å². The first kappa shape index (κ1) is 26.3. The van der Waals surface area contributed by atoms with Crippen molar-refractivity contribution < 1.29 is 38.9 Å². The van der Waals surface area contributed by atoms with E-state index in [9.17, 15) is 29.4 Å². The molecule has 10 nitrogen and oxygen atoms in total. The molecule has 182 valence electrons. The number of ether oxygens (including phenoxy) is 2. The molecule has 0 bridgehead atoms. The molecule has 0 aromatic heterocycles. The van der Waals surface area contributed by atoms with Crippen molar-refractivity contribution in [2.24, 2.45) is 0 Å². The molecule has 3 N–H and O–H groups in total. The van der Waals surface area contributed by atoms with Gasteiger partial charge in [-0.2, -0.15) is 0 Å². The summed E-state index contributed by atoms with van der Waals surface area (Å²) < 4.78 is 10.2. The molecule has 0 spiro atoms. The number of nitrogens with one attached hydrogen (secondary N) is 1. The summed E-state index contributed by atoms with van der Waals surface area (Å²) in [5, 5.41) is 21.5. The van der Waals surface area contributed by atoms with Gasteiger partial charge in [-0.25, -0.2) is 9.59 Å². The fraction of sp³-hybridized carbons (Fsp3) is 0.333. The van der Waals surface area contributed by atoms with Crippen LogP contribution in [0.3, 0.4) is 0 Å². The number of aliphatic hydroxyl groups is 1. The number of hydrogen-bond acceptors (Lipinski definition) is 7. The van der Waals surface area contributed by atoms with Gasteiger partial charge in [0.1, 0.15) is 25.4 Å². The molecule has 2 amide bonds. The molecule has 2 aromatic rings. The number of benzene rings is 2. The Morgan fingerprint density at radius 2 is 1.53 bits per heavy atom. The predicted molar refractivity (Wildman–Crippen MR) is 120 cm³/mol. The number of aliphatic hydroxyl groups excluding tert-OH is 1. The Hall–Kier alpha value is -3.92. The molecule has 0 saturated carbocycles. The molecular formula is C24H28N2O8. The molecule has 2 aromatic carbocycles. The highest BCUT2D eigenvalue weighted by Gasteiger charge is 2.35. The lowest BCUT2D eigenvalue weighted by atomic mass is 10.0. The van der Waals surface area contributed by atoms with E-state index in [0.29, 0.717) is 10.5 Å². The van der Waals surface area contributed by atoms with Crippen molar-refractivity contribution in [1.82, 2.24) is 10.2 Å². The Labute approximate surface area is 197 Å². The molecule has 34 heavy (non-hydrogen) atoms. The van der Waals surface area contributed by atoms with Crippen LogP contribution >= 0.6 is 0 Å². The van der Waals surface area contributed by atoms with Gasteiger partial charge in [0.15, 0.2) is 0 Å². The lowest BCUT2D eigenvalue weighted by Crippen LogP contribution is -2.55. The third-order valence-corrected chi connectivity index (χ3v) is 4.81. The van der Waals surface area contributed by atoms with Gasteiger partial charge >= 0.3 is 18.0 Å². The maximum atomic E-state index is 13.0. The first-order chi connectivity index (χ1) is 16.3. The number of rotatable bonds is 12. The Bertz CT molecular complexity index is 952. The maximum absolute atomic E-state index is 13.0. The number of carbonyl (C=O) groups excluding carboxylic acids is 3. The molecule has 0 aliphatic carbocycles. The normalized spacial score (nSPS) is 12.2. The van der Waals surface area contributed by atoms with Crippen molar-refractivity contribution in [2.45, 2.75) is 38.5 Å². The molecule has 0 radical (unpaired) electrons. The van der Waals surface area contributed by atoms with Crippen LogP contribution in [0.2, 0.25) is 0 Å². The van der Waals surface area contributed by atoms with Crippen LogP contribution in [0.5, 0.6) is 0 Å². The first-order valence-electron chi connectivity index (χ1n) is 10.7. The van der Waals surface area contributed by atoms with Crippen molar-refractivity contribution in [3.63, 3.8) is 0 Å². The average Bonchev–Trinajstić information content (AvgIpc) is 2.83. The molecule has 2 unspecified atom stereocenters. The van der Waals surface area contributed by atoms with Crippen LogP contribution in [0.4, 0.5) is 4.79 Å². The van der Waals surface area contributed by atoms with Gasteiger partial charge in [-0.3, -0.25) is 14.5 Å². The van der Waals surface area contributed by atoms with E-state index in [1.807, 2.05) is 0 Å². The Morgan fingerprint density at radius 1 is 0.941 bits per heavy atom. The summed E-state index contributed by atoms with van der Waals surface area (Å²) >= 11 is 0. The Morgan fingerprint density at radius 3 is 2.06 bits per heavy atom. The van der Waals surface area contributed by atoms with E-state index < -0.39 is 49.2 Å². The number of hydrogen-bond donors (Lipinski definition) is 3. The van der Waals surface area contributed by atoms with Crippen molar-refractivity contribution in [3.8, 4) is 0 Å². The standard InChI is InChI=1S/C24H28N2O8/c1-2-33-23(31)19(13-17-9-5-3-6-10-17)25-22(30)20(14-21(28)29)26(16-27)24(32)34-15-18-11-7-4-8-12-18/h3-12,19-20,27H,2,13-16H2,1H3,(H,25,30)(H,28,29). The Balaban J connectivity index is 2.18. The lowest BCUT2D eigenvalue weighted by Gasteiger charge is -2.29. The molecule has 0 heterocycles. The highest BCUT2D eigenvalue weighted by atomic mass is 16.6. The molecule has 0 aliphatic rings. The number of carbonyl (C=O) groups is 4. The van der Waals surface area contributed by atoms with Gasteiger partial charge in [-0.05, 0) is 18.1 Å². The second kappa shape index (κ2) is 13.6. The van der Waals surface area contributed by atoms with E-state index in [0.717, 1.165) is 5.56 Å². The summed E-state index contributed by atoms with van der Waals surface area (Å²) in [5.41, 5.74) is 1.40. The van der Waals surface area contributed by atoms with Crippen molar-refractivity contribution in [1.29, 1.82) is 0 Å². The quantitative estimate of drug-likeness (QED) is 0.313. The minimum absolute atomic E-state index is 0.0765. The minimum atomic E-state index is -1.63. The number of carboxylic acids is 1. The van der Waals surface area contributed by atoms with Crippen molar-refractivity contribution in [3.05, 3.63) is 71.8 Å². The number of esters is 1. The number of carboxylic acid groups (broad SMARTS) is 1. The monoisotopic (exact) mass is 472 g/mol. The van der Waals surface area contributed by atoms with Gasteiger partial charge in [-0.15, -0.1) is 0 Å². The number of nitrogens with zero attached hydrogens (tertiary/aromatic N) is 1. The lowest BCUT2D eigenvalue weighted by molar-refractivity contribution is -0.148. The van der Waals surface area contributed by atoms with Crippen molar-refractivity contribution >= 4 is 23.9 Å². The van der Waals surface area contributed by atoms with Gasteiger partial charge in [0.2, 0.25) is 5.91 Å². The third kappa shape index (κ3) is 8.21. The predicted octanol–water partition coefficient (Wildman–Crippen LogP) is 1.71. The van der Waals surface area contributed by atoms with E-state index in [1.54, 1.807) is 67.6 Å². The minimum Gasteiger partial charge on any atom is -0.481 e. The molecule has 2 rings (SSSR count). The van der Waals surface area contributed by atoms with Gasteiger partial charge in [0.05, 0.1) is 13.0 Å². The number of aliphatic carboxylic acids is 1. The van der Waals surface area contributed by atoms with E-state index in [2.05, 4.69) is 5.32 Å². The zero-order valence-corrected chi connectivity index (χ0v) is 18.8. The average molecular weight is 472 g/mol. The topological polar surface area (TPSA) is 142 Å². The molecule has 2 atom stereocenters. The zero-order chi connectivity index (χ0) is 24.9. The van der Waals surface area contributed by atoms with E-state index in [-0.39, 0.29) is 19.6 Å². The number of amides is 2. The Kier molecular flexibility index (Phi) is 10.5. The zero-order valence-electron chi connectivity index (χ0n) is 18.8. The van der Waals surface area contributed by atoms with Crippen LogP contribution in [0.1, 0.15) is 24.5 Å². The highest BCUT2D eigenvalue weighted by Crippen LogP contribution is 2.12. The van der Waals surface area contributed by atoms with E-state index >= 15 is 0 Å². The largest absolute Gasteiger partial charge is 0.481 e. The third-order valence-electron chi connectivity index (χ3n) is 4.81. The van der Waals surface area contributed by atoms with Crippen LogP contribution < -0.4 is 5.32 Å². The van der Waals surface area contributed by atoms with Crippen LogP contribution in [-0.2, 0) is 36.9 Å². The molecule has 0 saturated heterocycles. The second-order valence-electron chi connectivity index (χ2n) is 7.27.